The Kier molecular flexibility index (Phi) is 5.44. The Bertz CT molecular complexity index is 735. The lowest BCUT2D eigenvalue weighted by atomic mass is 10.2. The van der Waals surface area contributed by atoms with Gasteiger partial charge in [-0.2, -0.15) is 0 Å². The second-order valence-corrected chi connectivity index (χ2v) is 5.58. The molecule has 0 radical (unpaired) electrons. The van der Waals surface area contributed by atoms with Crippen molar-refractivity contribution in [2.24, 2.45) is 0 Å². The molecule has 0 saturated carbocycles. The molecule has 0 heterocycles. The van der Waals surface area contributed by atoms with Crippen molar-refractivity contribution < 1.29 is 23.1 Å². The highest BCUT2D eigenvalue weighted by atomic mass is 79.9. The molecule has 4 nitrogen and oxygen atoms in total. The molecular weight excluding hydrogens is 372 g/mol. The maximum absolute atomic E-state index is 13.5. The zero-order chi connectivity index (χ0) is 17.0. The minimum Gasteiger partial charge on any atom is -0.449 e. The molecule has 0 fully saturated rings. The number of carbonyl (C=O) groups excluding carboxylic acids is 2. The first-order valence-electron chi connectivity index (χ1n) is 6.59. The van der Waals surface area contributed by atoms with Gasteiger partial charge < -0.3 is 10.1 Å². The summed E-state index contributed by atoms with van der Waals surface area (Å²) < 4.78 is 32.1. The number of rotatable bonds is 4. The Hall–Kier alpha value is -2.28. The molecule has 0 aromatic heterocycles. The molecule has 1 atom stereocenters. The summed E-state index contributed by atoms with van der Waals surface area (Å²) in [6.07, 6.45) is -1.14. The number of hydrogen-bond acceptors (Lipinski definition) is 3. The monoisotopic (exact) mass is 383 g/mol. The van der Waals surface area contributed by atoms with Gasteiger partial charge in [-0.25, -0.2) is 13.6 Å². The van der Waals surface area contributed by atoms with Crippen molar-refractivity contribution in [1.29, 1.82) is 0 Å². The Morgan fingerprint density at radius 3 is 2.39 bits per heavy atom. The summed E-state index contributed by atoms with van der Waals surface area (Å²) in [5.74, 6) is -3.07. The van der Waals surface area contributed by atoms with Crippen molar-refractivity contribution in [3.8, 4) is 0 Å². The highest BCUT2D eigenvalue weighted by molar-refractivity contribution is 9.10. The van der Waals surface area contributed by atoms with Crippen LogP contribution in [-0.2, 0) is 9.53 Å². The summed E-state index contributed by atoms with van der Waals surface area (Å²) >= 11 is 3.24. The largest absolute Gasteiger partial charge is 0.449 e. The lowest BCUT2D eigenvalue weighted by Gasteiger charge is -2.14. The van der Waals surface area contributed by atoms with E-state index in [9.17, 15) is 18.4 Å². The van der Waals surface area contributed by atoms with Gasteiger partial charge in [-0.1, -0.05) is 15.9 Å². The van der Waals surface area contributed by atoms with Crippen LogP contribution in [-0.4, -0.2) is 18.0 Å². The van der Waals surface area contributed by atoms with Crippen molar-refractivity contribution in [3.63, 3.8) is 0 Å². The molecule has 23 heavy (non-hydrogen) atoms. The van der Waals surface area contributed by atoms with Crippen molar-refractivity contribution in [2.75, 3.05) is 5.32 Å². The van der Waals surface area contributed by atoms with Crippen LogP contribution in [0, 0.1) is 11.6 Å². The number of nitrogens with one attached hydrogen (secondary N) is 1. The SMILES string of the molecule is CC(OC(=O)c1ccc(Br)cc1)C(=O)Nc1ccc(F)cc1F. The van der Waals surface area contributed by atoms with Gasteiger partial charge in [-0.15, -0.1) is 0 Å². The molecule has 0 spiro atoms. The number of amides is 1. The topological polar surface area (TPSA) is 55.4 Å². The van der Waals surface area contributed by atoms with E-state index < -0.39 is 29.6 Å². The average molecular weight is 384 g/mol. The van der Waals surface area contributed by atoms with Crippen LogP contribution < -0.4 is 5.32 Å². The summed E-state index contributed by atoms with van der Waals surface area (Å²) in [5, 5.41) is 2.24. The van der Waals surface area contributed by atoms with E-state index in [0.717, 1.165) is 16.6 Å². The van der Waals surface area contributed by atoms with Crippen LogP contribution in [0.15, 0.2) is 46.9 Å². The number of ether oxygens (including phenoxy) is 1. The number of anilines is 1. The standard InChI is InChI=1S/C16H12BrF2NO3/c1-9(23-16(22)10-2-4-11(17)5-3-10)15(21)20-14-7-6-12(18)8-13(14)19/h2-9H,1H3,(H,20,21). The quantitative estimate of drug-likeness (QED) is 0.814. The molecule has 0 aliphatic heterocycles. The first kappa shape index (κ1) is 17.1. The summed E-state index contributed by atoms with van der Waals surface area (Å²) in [6.45, 7) is 1.35. The third kappa shape index (κ3) is 4.59. The van der Waals surface area contributed by atoms with Gasteiger partial charge in [0.2, 0.25) is 0 Å². The van der Waals surface area contributed by atoms with Crippen LogP contribution in [0.5, 0.6) is 0 Å². The lowest BCUT2D eigenvalue weighted by molar-refractivity contribution is -0.123. The van der Waals surface area contributed by atoms with Crippen LogP contribution in [0.1, 0.15) is 17.3 Å². The summed E-state index contributed by atoms with van der Waals surface area (Å²) in [4.78, 5) is 23.8. The number of hydrogen-bond donors (Lipinski definition) is 1. The first-order chi connectivity index (χ1) is 10.9. The molecule has 0 saturated heterocycles. The van der Waals surface area contributed by atoms with Gasteiger partial charge in [-0.3, -0.25) is 4.79 Å². The second kappa shape index (κ2) is 7.32. The van der Waals surface area contributed by atoms with E-state index in [1.54, 1.807) is 12.1 Å². The summed E-state index contributed by atoms with van der Waals surface area (Å²) in [6, 6.07) is 9.15. The highest BCUT2D eigenvalue weighted by Crippen LogP contribution is 2.16. The fraction of sp³-hybridized carbons (Fsp3) is 0.125. The molecule has 1 N–H and O–H groups in total. The zero-order valence-electron chi connectivity index (χ0n) is 12.0. The van der Waals surface area contributed by atoms with Gasteiger partial charge in [0, 0.05) is 10.5 Å². The predicted octanol–water partition coefficient (Wildman–Crippen LogP) is 3.91. The zero-order valence-corrected chi connectivity index (χ0v) is 13.6. The van der Waals surface area contributed by atoms with Gasteiger partial charge in [0.05, 0.1) is 11.3 Å². The molecule has 2 aromatic carbocycles. The third-order valence-corrected chi connectivity index (χ3v) is 3.45. The summed E-state index contributed by atoms with van der Waals surface area (Å²) in [5.41, 5.74) is 0.0868. The third-order valence-electron chi connectivity index (χ3n) is 2.92. The molecule has 7 heteroatoms. The molecule has 0 bridgehead atoms. The van der Waals surface area contributed by atoms with E-state index in [1.165, 1.54) is 19.1 Å². The van der Waals surface area contributed by atoms with Crippen LogP contribution in [0.3, 0.4) is 0 Å². The molecule has 2 rings (SSSR count). The Balaban J connectivity index is 1.99. The molecule has 120 valence electrons. The number of benzene rings is 2. The molecule has 1 amide bonds. The van der Waals surface area contributed by atoms with Gasteiger partial charge in [0.1, 0.15) is 11.6 Å². The predicted molar refractivity (Wildman–Crippen MR) is 84.0 cm³/mol. The number of carbonyl (C=O) groups is 2. The molecular formula is C16H12BrF2NO3. The Morgan fingerprint density at radius 2 is 1.78 bits per heavy atom. The smallest absolute Gasteiger partial charge is 0.338 e. The van der Waals surface area contributed by atoms with Crippen LogP contribution >= 0.6 is 15.9 Å². The Morgan fingerprint density at radius 1 is 1.13 bits per heavy atom. The van der Waals surface area contributed by atoms with Crippen molar-refractivity contribution in [2.45, 2.75) is 13.0 Å². The highest BCUT2D eigenvalue weighted by Gasteiger charge is 2.20. The van der Waals surface area contributed by atoms with E-state index in [0.29, 0.717) is 6.07 Å². The van der Waals surface area contributed by atoms with Gasteiger partial charge >= 0.3 is 5.97 Å². The lowest BCUT2D eigenvalue weighted by Crippen LogP contribution is -2.30. The number of esters is 1. The van der Waals surface area contributed by atoms with E-state index in [4.69, 9.17) is 4.74 Å². The minimum absolute atomic E-state index is 0.192. The van der Waals surface area contributed by atoms with Crippen LogP contribution in [0.2, 0.25) is 0 Å². The van der Waals surface area contributed by atoms with Crippen LogP contribution in [0.4, 0.5) is 14.5 Å². The molecule has 0 aliphatic rings. The maximum Gasteiger partial charge on any atom is 0.338 e. The molecule has 0 aliphatic carbocycles. The maximum atomic E-state index is 13.5. The van der Waals surface area contributed by atoms with E-state index >= 15 is 0 Å². The first-order valence-corrected chi connectivity index (χ1v) is 7.38. The number of halogens is 3. The fourth-order valence-corrected chi connectivity index (χ4v) is 1.96. The van der Waals surface area contributed by atoms with Gasteiger partial charge in [-0.05, 0) is 43.3 Å². The van der Waals surface area contributed by atoms with Crippen molar-refractivity contribution in [1.82, 2.24) is 0 Å². The van der Waals surface area contributed by atoms with Crippen molar-refractivity contribution in [3.05, 3.63) is 64.1 Å². The Labute approximate surface area is 139 Å². The normalized spacial score (nSPS) is 11.7. The van der Waals surface area contributed by atoms with Gasteiger partial charge in [0.15, 0.2) is 6.10 Å². The molecule has 2 aromatic rings. The second-order valence-electron chi connectivity index (χ2n) is 4.67. The van der Waals surface area contributed by atoms with Crippen molar-refractivity contribution >= 4 is 33.5 Å². The van der Waals surface area contributed by atoms with E-state index in [-0.39, 0.29) is 11.3 Å². The fourth-order valence-electron chi connectivity index (χ4n) is 1.69. The van der Waals surface area contributed by atoms with E-state index in [1.807, 2.05) is 0 Å². The average Bonchev–Trinajstić information content (AvgIpc) is 2.50. The molecule has 1 unspecified atom stereocenters. The minimum atomic E-state index is -1.14. The summed E-state index contributed by atoms with van der Waals surface area (Å²) in [7, 11) is 0. The van der Waals surface area contributed by atoms with E-state index in [2.05, 4.69) is 21.2 Å². The van der Waals surface area contributed by atoms with Crippen LogP contribution in [0.25, 0.3) is 0 Å². The van der Waals surface area contributed by atoms with Gasteiger partial charge in [0.25, 0.3) is 5.91 Å².